The minimum absolute atomic E-state index is 0.330. The van der Waals surface area contributed by atoms with Crippen LogP contribution < -0.4 is 10.6 Å². The molecular formula is C9H16N2O3S. The van der Waals surface area contributed by atoms with Crippen LogP contribution in [0.25, 0.3) is 0 Å². The van der Waals surface area contributed by atoms with Crippen LogP contribution in [0.1, 0.15) is 19.3 Å². The van der Waals surface area contributed by atoms with E-state index in [4.69, 9.17) is 5.11 Å². The van der Waals surface area contributed by atoms with E-state index in [-0.39, 0.29) is 6.54 Å². The first-order valence-corrected chi connectivity index (χ1v) is 6.08. The van der Waals surface area contributed by atoms with Crippen molar-refractivity contribution in [3.05, 3.63) is 0 Å². The van der Waals surface area contributed by atoms with Crippen molar-refractivity contribution in [1.29, 1.82) is 0 Å². The van der Waals surface area contributed by atoms with Crippen LogP contribution in [0.5, 0.6) is 0 Å². The number of urea groups is 1. The number of carbonyl (C=O) groups is 2. The van der Waals surface area contributed by atoms with Crippen molar-refractivity contribution in [3.8, 4) is 0 Å². The summed E-state index contributed by atoms with van der Waals surface area (Å²) in [5.41, 5.74) is 0. The Hall–Kier alpha value is -0.910. The third kappa shape index (κ3) is 5.51. The Balaban J connectivity index is 2.07. The zero-order valence-electron chi connectivity index (χ0n) is 8.49. The maximum Gasteiger partial charge on any atom is 0.323 e. The van der Waals surface area contributed by atoms with E-state index in [2.05, 4.69) is 10.6 Å². The molecule has 15 heavy (non-hydrogen) atoms. The second-order valence-corrected chi connectivity index (χ2v) is 4.85. The van der Waals surface area contributed by atoms with Gasteiger partial charge >= 0.3 is 12.0 Å². The Kier molecular flexibility index (Phi) is 5.31. The predicted octanol–water partition coefficient (Wildman–Crippen LogP) is 0.656. The van der Waals surface area contributed by atoms with E-state index in [1.165, 1.54) is 12.8 Å². The maximum atomic E-state index is 11.1. The van der Waals surface area contributed by atoms with Crippen molar-refractivity contribution >= 4 is 23.8 Å². The first-order chi connectivity index (χ1) is 7.18. The molecule has 2 amide bonds. The van der Waals surface area contributed by atoms with Gasteiger partial charge in [-0.05, 0) is 18.6 Å². The zero-order chi connectivity index (χ0) is 11.1. The molecule has 1 rings (SSSR count). The Bertz CT molecular complexity index is 229. The highest BCUT2D eigenvalue weighted by molar-refractivity contribution is 7.99. The monoisotopic (exact) mass is 232 g/mol. The van der Waals surface area contributed by atoms with Gasteiger partial charge in [-0.15, -0.1) is 0 Å². The fourth-order valence-corrected chi connectivity index (χ4v) is 2.63. The molecule has 1 aliphatic rings. The van der Waals surface area contributed by atoms with Crippen LogP contribution in [0.3, 0.4) is 0 Å². The van der Waals surface area contributed by atoms with Gasteiger partial charge in [-0.2, -0.15) is 11.8 Å². The first kappa shape index (κ1) is 12.2. The second-order valence-electron chi connectivity index (χ2n) is 3.45. The van der Waals surface area contributed by atoms with Gasteiger partial charge < -0.3 is 15.7 Å². The molecule has 1 unspecified atom stereocenters. The average molecular weight is 232 g/mol. The number of thioether (sulfide) groups is 1. The van der Waals surface area contributed by atoms with Gasteiger partial charge in [-0.25, -0.2) is 4.79 Å². The lowest BCUT2D eigenvalue weighted by Gasteiger charge is -2.21. The normalized spacial score (nSPS) is 20.7. The van der Waals surface area contributed by atoms with Crippen LogP contribution in [0.2, 0.25) is 0 Å². The van der Waals surface area contributed by atoms with Crippen molar-refractivity contribution in [3.63, 3.8) is 0 Å². The van der Waals surface area contributed by atoms with Gasteiger partial charge in [0.15, 0.2) is 0 Å². The number of hydrogen-bond donors (Lipinski definition) is 3. The fraction of sp³-hybridized carbons (Fsp3) is 0.778. The Morgan fingerprint density at radius 2 is 2.13 bits per heavy atom. The minimum Gasteiger partial charge on any atom is -0.480 e. The second kappa shape index (κ2) is 6.55. The molecule has 0 aromatic rings. The van der Waals surface area contributed by atoms with Crippen molar-refractivity contribution in [2.45, 2.75) is 24.5 Å². The van der Waals surface area contributed by atoms with E-state index in [9.17, 15) is 9.59 Å². The smallest absolute Gasteiger partial charge is 0.323 e. The van der Waals surface area contributed by atoms with E-state index >= 15 is 0 Å². The highest BCUT2D eigenvalue weighted by Crippen LogP contribution is 2.24. The minimum atomic E-state index is -1.03. The van der Waals surface area contributed by atoms with Crippen molar-refractivity contribution < 1.29 is 14.7 Å². The van der Waals surface area contributed by atoms with Crippen LogP contribution >= 0.6 is 11.8 Å². The quantitative estimate of drug-likeness (QED) is 0.665. The third-order valence-corrected chi connectivity index (χ3v) is 3.56. The maximum absolute atomic E-state index is 11.1. The molecular weight excluding hydrogens is 216 g/mol. The van der Waals surface area contributed by atoms with Gasteiger partial charge in [0.2, 0.25) is 0 Å². The average Bonchev–Trinajstić information content (AvgIpc) is 2.25. The summed E-state index contributed by atoms with van der Waals surface area (Å²) in [5.74, 6) is 0.125. The summed E-state index contributed by atoms with van der Waals surface area (Å²) in [7, 11) is 0. The summed E-state index contributed by atoms with van der Waals surface area (Å²) in [6.07, 6.45) is 3.60. The molecule has 1 fully saturated rings. The molecule has 0 aromatic heterocycles. The van der Waals surface area contributed by atoms with Gasteiger partial charge in [0.1, 0.15) is 6.54 Å². The molecule has 0 radical (unpaired) electrons. The largest absolute Gasteiger partial charge is 0.480 e. The number of hydrogen-bond acceptors (Lipinski definition) is 3. The lowest BCUT2D eigenvalue weighted by Crippen LogP contribution is -2.41. The number of amides is 2. The van der Waals surface area contributed by atoms with Gasteiger partial charge in [0.05, 0.1) is 0 Å². The third-order valence-electron chi connectivity index (χ3n) is 2.16. The van der Waals surface area contributed by atoms with Crippen molar-refractivity contribution in [1.82, 2.24) is 10.6 Å². The van der Waals surface area contributed by atoms with Crippen molar-refractivity contribution in [2.24, 2.45) is 0 Å². The topological polar surface area (TPSA) is 78.4 Å². The molecule has 86 valence electrons. The fourth-order valence-electron chi connectivity index (χ4n) is 1.39. The predicted molar refractivity (Wildman–Crippen MR) is 59.1 cm³/mol. The number of rotatable bonds is 4. The summed E-state index contributed by atoms with van der Waals surface area (Å²) < 4.78 is 0. The lowest BCUT2D eigenvalue weighted by molar-refractivity contribution is -0.135. The van der Waals surface area contributed by atoms with E-state index in [0.717, 1.165) is 12.2 Å². The molecule has 0 saturated carbocycles. The highest BCUT2D eigenvalue weighted by Gasteiger charge is 2.14. The number of aliphatic carboxylic acids is 1. The van der Waals surface area contributed by atoms with E-state index in [1.807, 2.05) is 11.8 Å². The molecule has 0 bridgehead atoms. The highest BCUT2D eigenvalue weighted by atomic mass is 32.2. The summed E-state index contributed by atoms with van der Waals surface area (Å²) in [5, 5.41) is 13.7. The number of nitrogens with one attached hydrogen (secondary N) is 2. The van der Waals surface area contributed by atoms with Crippen molar-refractivity contribution in [2.75, 3.05) is 18.8 Å². The summed E-state index contributed by atoms with van der Waals surface area (Å²) in [6.45, 7) is 0.291. The molecule has 0 aromatic carbocycles. The van der Waals surface area contributed by atoms with Crippen LogP contribution in [-0.4, -0.2) is 41.2 Å². The Labute approximate surface area is 93.0 Å². The Morgan fingerprint density at radius 1 is 1.33 bits per heavy atom. The van der Waals surface area contributed by atoms with E-state index < -0.39 is 12.0 Å². The van der Waals surface area contributed by atoms with Crippen LogP contribution in [-0.2, 0) is 4.79 Å². The number of carbonyl (C=O) groups excluding carboxylic acids is 1. The van der Waals surface area contributed by atoms with Gasteiger partial charge in [-0.3, -0.25) is 4.79 Å². The van der Waals surface area contributed by atoms with Crippen LogP contribution in [0.15, 0.2) is 0 Å². The molecule has 1 saturated heterocycles. The first-order valence-electron chi connectivity index (χ1n) is 5.03. The summed E-state index contributed by atoms with van der Waals surface area (Å²) >= 11 is 1.87. The van der Waals surface area contributed by atoms with Gasteiger partial charge in [-0.1, -0.05) is 6.42 Å². The zero-order valence-corrected chi connectivity index (χ0v) is 9.31. The molecule has 5 nitrogen and oxygen atoms in total. The van der Waals surface area contributed by atoms with E-state index in [1.54, 1.807) is 0 Å². The van der Waals surface area contributed by atoms with Crippen LogP contribution in [0.4, 0.5) is 4.79 Å². The molecule has 1 heterocycles. The molecule has 1 atom stereocenters. The summed E-state index contributed by atoms with van der Waals surface area (Å²) in [4.78, 5) is 21.3. The molecule has 0 spiro atoms. The molecule has 1 aliphatic heterocycles. The van der Waals surface area contributed by atoms with Crippen LogP contribution in [0, 0.1) is 0 Å². The number of carboxylic acid groups (broad SMARTS) is 1. The number of carboxylic acids is 1. The summed E-state index contributed by atoms with van der Waals surface area (Å²) in [6, 6.07) is -0.399. The Morgan fingerprint density at radius 3 is 2.73 bits per heavy atom. The lowest BCUT2D eigenvalue weighted by atomic mass is 10.2. The SMILES string of the molecule is O=C(O)CNC(=O)NCC1CCCCS1. The molecule has 6 heteroatoms. The van der Waals surface area contributed by atoms with Gasteiger partial charge in [0, 0.05) is 11.8 Å². The van der Waals surface area contributed by atoms with E-state index in [0.29, 0.717) is 11.8 Å². The molecule has 3 N–H and O–H groups in total. The standard InChI is InChI=1S/C9H16N2O3S/c12-8(13)6-11-9(14)10-5-7-3-1-2-4-15-7/h7H,1-6H2,(H,12,13)(H2,10,11,14). The van der Waals surface area contributed by atoms with Gasteiger partial charge in [0.25, 0.3) is 0 Å². The molecule has 0 aliphatic carbocycles.